The summed E-state index contributed by atoms with van der Waals surface area (Å²) in [5.41, 5.74) is 3.67. The first kappa shape index (κ1) is 26.8. The molecule has 1 aliphatic heterocycles. The van der Waals surface area contributed by atoms with Gasteiger partial charge in [-0.05, 0) is 43.0 Å². The van der Waals surface area contributed by atoms with Gasteiger partial charge in [0.2, 0.25) is 0 Å². The topological polar surface area (TPSA) is 47.2 Å². The van der Waals surface area contributed by atoms with Gasteiger partial charge in [-0.1, -0.05) is 37.8 Å². The molecule has 0 fully saturated rings. The highest BCUT2D eigenvalue weighted by atomic mass is 35.5. The van der Waals surface area contributed by atoms with Crippen molar-refractivity contribution >= 4 is 40.2 Å². The van der Waals surface area contributed by atoms with E-state index in [1.807, 2.05) is 62.2 Å². The molecule has 33 heavy (non-hydrogen) atoms. The Morgan fingerprint density at radius 2 is 2.09 bits per heavy atom. The third-order valence-electron chi connectivity index (χ3n) is 5.28. The number of allylic oxidation sites excluding steroid dienone is 2. The maximum absolute atomic E-state index is 14.5. The maximum Gasteiger partial charge on any atom is 0.304 e. The molecule has 4 nitrogen and oxygen atoms in total. The highest BCUT2D eigenvalue weighted by Gasteiger charge is 2.32. The molecule has 2 aromatic heterocycles. The summed E-state index contributed by atoms with van der Waals surface area (Å²) in [6.07, 6.45) is 6.43. The zero-order chi connectivity index (χ0) is 24.5. The van der Waals surface area contributed by atoms with E-state index in [2.05, 4.69) is 11.1 Å². The van der Waals surface area contributed by atoms with E-state index in [0.29, 0.717) is 5.88 Å². The lowest BCUT2D eigenvalue weighted by Gasteiger charge is -2.11. The van der Waals surface area contributed by atoms with E-state index in [1.54, 1.807) is 30.0 Å². The number of aliphatic carboxylic acids is 1. The highest BCUT2D eigenvalue weighted by Crippen LogP contribution is 2.48. The van der Waals surface area contributed by atoms with Gasteiger partial charge in [0.25, 0.3) is 0 Å². The van der Waals surface area contributed by atoms with Gasteiger partial charge in [0.1, 0.15) is 5.82 Å². The van der Waals surface area contributed by atoms with Crippen LogP contribution in [0.5, 0.6) is 0 Å². The van der Waals surface area contributed by atoms with E-state index >= 15 is 0 Å². The van der Waals surface area contributed by atoms with Gasteiger partial charge in [-0.2, -0.15) is 0 Å². The number of carboxylic acids is 1. The Balaban J connectivity index is 0.000000582. The molecule has 178 valence electrons. The average molecular weight is 491 g/mol. The first-order valence-electron chi connectivity index (χ1n) is 11.1. The van der Waals surface area contributed by atoms with Gasteiger partial charge >= 0.3 is 5.97 Å². The molecule has 1 aliphatic rings. The number of alkyl halides is 1. The number of fused-ring (bicyclic) bond motifs is 3. The molecule has 1 atom stereocenters. The summed E-state index contributed by atoms with van der Waals surface area (Å²) >= 11 is 6.66. The fourth-order valence-corrected chi connectivity index (χ4v) is 5.10. The van der Waals surface area contributed by atoms with Crippen LogP contribution < -0.4 is 0 Å². The number of carbonyl (C=O) groups is 1. The van der Waals surface area contributed by atoms with Crippen molar-refractivity contribution in [2.45, 2.75) is 51.0 Å². The Bertz CT molecular complexity index is 1130. The number of nitrogens with zero attached hydrogens (tertiary/aromatic N) is 2. The molecule has 0 saturated carbocycles. The second-order valence-electron chi connectivity index (χ2n) is 7.33. The van der Waals surface area contributed by atoms with E-state index in [1.165, 1.54) is 0 Å². The van der Waals surface area contributed by atoms with Crippen LogP contribution in [0, 0.1) is 5.82 Å². The van der Waals surface area contributed by atoms with Crippen molar-refractivity contribution in [2.75, 3.05) is 5.88 Å². The second kappa shape index (κ2) is 12.7. The molecular formula is C26H32ClFN2O2S. The van der Waals surface area contributed by atoms with Crippen LogP contribution in [0.15, 0.2) is 59.5 Å². The molecule has 0 radical (unpaired) electrons. The van der Waals surface area contributed by atoms with Crippen molar-refractivity contribution in [3.63, 3.8) is 0 Å². The molecule has 0 bridgehead atoms. The van der Waals surface area contributed by atoms with Gasteiger partial charge in [-0.3, -0.25) is 4.79 Å². The summed E-state index contributed by atoms with van der Waals surface area (Å²) < 4.78 is 18.6. The number of carboxylic acid groups (broad SMARTS) is 1. The van der Waals surface area contributed by atoms with E-state index in [9.17, 15) is 14.3 Å². The minimum absolute atomic E-state index is 0.0491. The van der Waals surface area contributed by atoms with Crippen LogP contribution >= 0.6 is 23.4 Å². The molecule has 0 amide bonds. The zero-order valence-electron chi connectivity index (χ0n) is 19.6. The van der Waals surface area contributed by atoms with Gasteiger partial charge in [0.05, 0.1) is 11.9 Å². The molecule has 0 aliphatic carbocycles. The van der Waals surface area contributed by atoms with E-state index in [4.69, 9.17) is 11.6 Å². The van der Waals surface area contributed by atoms with Crippen molar-refractivity contribution in [3.05, 3.63) is 66.1 Å². The summed E-state index contributed by atoms with van der Waals surface area (Å²) in [7, 11) is 1.95. The molecule has 7 heteroatoms. The van der Waals surface area contributed by atoms with Crippen molar-refractivity contribution in [1.82, 2.24) is 9.13 Å². The maximum atomic E-state index is 14.5. The molecule has 3 aromatic rings. The molecule has 1 unspecified atom stereocenters. The lowest BCUT2D eigenvalue weighted by molar-refractivity contribution is -0.137. The van der Waals surface area contributed by atoms with Crippen LogP contribution in [-0.4, -0.2) is 26.1 Å². The first-order chi connectivity index (χ1) is 15.9. The number of halogens is 2. The fourth-order valence-electron chi connectivity index (χ4n) is 4.10. The van der Waals surface area contributed by atoms with Crippen LogP contribution in [0.2, 0.25) is 0 Å². The molecule has 4 rings (SSSR count). The first-order valence-corrected chi connectivity index (χ1v) is 12.5. The summed E-state index contributed by atoms with van der Waals surface area (Å²) in [6.45, 7) is 10.0. The predicted molar refractivity (Wildman–Crippen MR) is 139 cm³/mol. The normalized spacial score (nSPS) is 14.4. The average Bonchev–Trinajstić information content (AvgIpc) is 3.49. The van der Waals surface area contributed by atoms with Crippen molar-refractivity contribution in [2.24, 2.45) is 7.05 Å². The molecule has 1 N–H and O–H groups in total. The quantitative estimate of drug-likeness (QED) is 0.218. The third-order valence-corrected chi connectivity index (χ3v) is 6.56. The van der Waals surface area contributed by atoms with Gasteiger partial charge in [0.15, 0.2) is 0 Å². The minimum atomic E-state index is -0.797. The number of rotatable bonds is 6. The standard InChI is InChI=1S/C21H21FN2O2S.C3H5Cl.C2H6/c1-3-9-27-21-19-15(16-5-4-7-23(16)2)11-14(22)12-17(19)24-8-6-13(20(21)24)10-18(25)26;1-2-3-4;1-2/h3-5,7,9,11-13H,6,8,10H2,1-2H3,(H,25,26);2H,1,3H2;1-2H3/b9-3+;;. The van der Waals surface area contributed by atoms with Gasteiger partial charge in [0, 0.05) is 58.8 Å². The summed E-state index contributed by atoms with van der Waals surface area (Å²) in [5.74, 6) is -0.565. The van der Waals surface area contributed by atoms with Crippen molar-refractivity contribution < 1.29 is 14.3 Å². The Kier molecular flexibility index (Phi) is 10.3. The molecule has 0 spiro atoms. The summed E-state index contributed by atoms with van der Waals surface area (Å²) in [4.78, 5) is 12.4. The number of aromatic nitrogens is 2. The molecule has 3 heterocycles. The van der Waals surface area contributed by atoms with E-state index in [-0.39, 0.29) is 18.2 Å². The second-order valence-corrected chi connectivity index (χ2v) is 8.56. The lowest BCUT2D eigenvalue weighted by atomic mass is 9.99. The largest absolute Gasteiger partial charge is 0.481 e. The number of benzene rings is 1. The Labute approximate surface area is 204 Å². The Hall–Kier alpha value is -2.44. The Morgan fingerprint density at radius 1 is 1.39 bits per heavy atom. The van der Waals surface area contributed by atoms with Crippen molar-refractivity contribution in [1.29, 1.82) is 0 Å². The van der Waals surface area contributed by atoms with Gasteiger partial charge in [-0.15, -0.1) is 18.2 Å². The molecular weight excluding hydrogens is 459 g/mol. The van der Waals surface area contributed by atoms with E-state index < -0.39 is 5.97 Å². The predicted octanol–water partition coefficient (Wildman–Crippen LogP) is 7.81. The fraction of sp³-hybridized carbons (Fsp3) is 0.346. The SMILES string of the molecule is C/C=C/Sc1c2n(c3cc(F)cc(-c4cccn4C)c13)CCC2CC(=O)O.C=CCCl.CC. The summed E-state index contributed by atoms with van der Waals surface area (Å²) in [6, 6.07) is 7.09. The van der Waals surface area contributed by atoms with Crippen LogP contribution in [-0.2, 0) is 18.4 Å². The molecule has 0 saturated heterocycles. The van der Waals surface area contributed by atoms with Crippen LogP contribution in [0.1, 0.15) is 45.2 Å². The van der Waals surface area contributed by atoms with Gasteiger partial charge in [-0.25, -0.2) is 4.39 Å². The number of hydrogen-bond acceptors (Lipinski definition) is 2. The third kappa shape index (κ3) is 5.92. The number of aryl methyl sites for hydroxylation is 2. The number of hydrogen-bond donors (Lipinski definition) is 1. The van der Waals surface area contributed by atoms with Crippen LogP contribution in [0.4, 0.5) is 4.39 Å². The monoisotopic (exact) mass is 490 g/mol. The lowest BCUT2D eigenvalue weighted by Crippen LogP contribution is -2.04. The van der Waals surface area contributed by atoms with E-state index in [0.717, 1.165) is 45.7 Å². The van der Waals surface area contributed by atoms with Crippen LogP contribution in [0.3, 0.4) is 0 Å². The van der Waals surface area contributed by atoms with Crippen molar-refractivity contribution in [3.8, 4) is 11.3 Å². The Morgan fingerprint density at radius 3 is 2.64 bits per heavy atom. The number of thioether (sulfide) groups is 1. The molecule has 1 aromatic carbocycles. The summed E-state index contributed by atoms with van der Waals surface area (Å²) in [5, 5.41) is 12.3. The zero-order valence-corrected chi connectivity index (χ0v) is 21.2. The van der Waals surface area contributed by atoms with Crippen LogP contribution in [0.25, 0.3) is 22.2 Å². The minimum Gasteiger partial charge on any atom is -0.481 e. The smallest absolute Gasteiger partial charge is 0.304 e. The van der Waals surface area contributed by atoms with Gasteiger partial charge < -0.3 is 14.2 Å². The highest BCUT2D eigenvalue weighted by molar-refractivity contribution is 8.02.